The van der Waals surface area contributed by atoms with Gasteiger partial charge in [0.2, 0.25) is 5.95 Å². The SMILES string of the molecule is FC(F)(F)c1ccc(N2CC[C@H](Nc3ncc4[nH]cnc4n3)C2)nc1. The maximum Gasteiger partial charge on any atom is 0.417 e. The average molecular weight is 349 g/mol. The van der Waals surface area contributed by atoms with Crippen molar-refractivity contribution in [3.05, 3.63) is 36.4 Å². The summed E-state index contributed by atoms with van der Waals surface area (Å²) in [5.74, 6) is 1.01. The summed E-state index contributed by atoms with van der Waals surface area (Å²) in [6.45, 7) is 1.31. The number of H-pyrrole nitrogens is 1. The molecule has 130 valence electrons. The summed E-state index contributed by atoms with van der Waals surface area (Å²) in [4.78, 5) is 21.4. The molecule has 4 heterocycles. The number of hydrogen-bond donors (Lipinski definition) is 2. The van der Waals surface area contributed by atoms with E-state index in [9.17, 15) is 13.2 Å². The van der Waals surface area contributed by atoms with E-state index in [1.165, 1.54) is 6.07 Å². The third-order valence-corrected chi connectivity index (χ3v) is 4.10. The predicted octanol–water partition coefficient (Wildman–Crippen LogP) is 2.46. The van der Waals surface area contributed by atoms with E-state index in [0.717, 1.165) is 24.2 Å². The molecule has 4 rings (SSSR count). The first-order valence-electron chi connectivity index (χ1n) is 7.70. The van der Waals surface area contributed by atoms with Gasteiger partial charge in [-0.1, -0.05) is 0 Å². The molecule has 7 nitrogen and oxygen atoms in total. The monoisotopic (exact) mass is 349 g/mol. The zero-order chi connectivity index (χ0) is 17.4. The van der Waals surface area contributed by atoms with E-state index < -0.39 is 11.7 Å². The van der Waals surface area contributed by atoms with E-state index in [2.05, 4.69) is 30.2 Å². The molecule has 0 spiro atoms. The lowest BCUT2D eigenvalue weighted by molar-refractivity contribution is -0.137. The molecule has 0 aliphatic carbocycles. The standard InChI is InChI=1S/C15H14F3N7/c16-15(17,18)9-1-2-12(19-5-9)25-4-3-10(7-25)23-14-20-6-11-13(24-14)22-8-21-11/h1-2,5-6,8,10H,3-4,7H2,(H2,20,21,22,23,24)/t10-/m0/s1. The second-order valence-corrected chi connectivity index (χ2v) is 5.81. The number of pyridine rings is 1. The van der Waals surface area contributed by atoms with Crippen LogP contribution < -0.4 is 10.2 Å². The molecule has 0 saturated carbocycles. The van der Waals surface area contributed by atoms with Gasteiger partial charge >= 0.3 is 6.18 Å². The van der Waals surface area contributed by atoms with Crippen LogP contribution in [0.1, 0.15) is 12.0 Å². The Hall–Kier alpha value is -2.91. The molecule has 1 atom stereocenters. The summed E-state index contributed by atoms with van der Waals surface area (Å²) >= 11 is 0. The maximum atomic E-state index is 12.6. The molecule has 3 aromatic rings. The van der Waals surface area contributed by atoms with Crippen LogP contribution in [0.4, 0.5) is 24.9 Å². The van der Waals surface area contributed by atoms with Gasteiger partial charge in [-0.25, -0.2) is 15.0 Å². The first kappa shape index (κ1) is 15.6. The molecule has 1 aliphatic rings. The van der Waals surface area contributed by atoms with E-state index in [1.54, 1.807) is 12.5 Å². The van der Waals surface area contributed by atoms with Crippen LogP contribution in [0.5, 0.6) is 0 Å². The number of aromatic nitrogens is 5. The molecule has 2 N–H and O–H groups in total. The Morgan fingerprint density at radius 1 is 1.16 bits per heavy atom. The number of rotatable bonds is 3. The van der Waals surface area contributed by atoms with E-state index in [0.29, 0.717) is 30.5 Å². The molecule has 1 saturated heterocycles. The van der Waals surface area contributed by atoms with Crippen LogP contribution in [-0.2, 0) is 6.18 Å². The topological polar surface area (TPSA) is 82.6 Å². The second-order valence-electron chi connectivity index (χ2n) is 5.81. The molecule has 1 fully saturated rings. The number of imidazole rings is 1. The summed E-state index contributed by atoms with van der Waals surface area (Å²) < 4.78 is 37.8. The summed E-state index contributed by atoms with van der Waals surface area (Å²) in [5, 5.41) is 3.23. The highest BCUT2D eigenvalue weighted by Crippen LogP contribution is 2.30. The van der Waals surface area contributed by atoms with Gasteiger partial charge in [0.05, 0.1) is 18.1 Å². The van der Waals surface area contributed by atoms with Crippen molar-refractivity contribution in [1.29, 1.82) is 0 Å². The largest absolute Gasteiger partial charge is 0.417 e. The number of nitrogens with one attached hydrogen (secondary N) is 2. The lowest BCUT2D eigenvalue weighted by Crippen LogP contribution is -2.27. The van der Waals surface area contributed by atoms with E-state index >= 15 is 0 Å². The lowest BCUT2D eigenvalue weighted by Gasteiger charge is -2.18. The number of alkyl halides is 3. The maximum absolute atomic E-state index is 12.6. The summed E-state index contributed by atoms with van der Waals surface area (Å²) in [6, 6.07) is 2.54. The van der Waals surface area contributed by atoms with Gasteiger partial charge in [0.1, 0.15) is 11.3 Å². The highest BCUT2D eigenvalue weighted by Gasteiger charge is 2.31. The molecule has 0 aromatic carbocycles. The third kappa shape index (κ3) is 3.19. The minimum Gasteiger partial charge on any atom is -0.354 e. The number of nitrogens with zero attached hydrogens (tertiary/aromatic N) is 5. The molecule has 0 amide bonds. The van der Waals surface area contributed by atoms with Gasteiger partial charge in [-0.3, -0.25) is 0 Å². The number of halogens is 3. The van der Waals surface area contributed by atoms with Crippen molar-refractivity contribution in [2.24, 2.45) is 0 Å². The Bertz CT molecular complexity index is 875. The van der Waals surface area contributed by atoms with Gasteiger partial charge in [-0.2, -0.15) is 18.2 Å². The number of fused-ring (bicyclic) bond motifs is 1. The molecular weight excluding hydrogens is 335 g/mol. The lowest BCUT2D eigenvalue weighted by atomic mass is 10.2. The third-order valence-electron chi connectivity index (χ3n) is 4.10. The van der Waals surface area contributed by atoms with Crippen molar-refractivity contribution in [3.8, 4) is 0 Å². The van der Waals surface area contributed by atoms with Crippen LogP contribution in [0.15, 0.2) is 30.9 Å². The van der Waals surface area contributed by atoms with Crippen LogP contribution in [0.3, 0.4) is 0 Å². The van der Waals surface area contributed by atoms with Crippen LogP contribution in [-0.4, -0.2) is 44.1 Å². The van der Waals surface area contributed by atoms with Crippen molar-refractivity contribution in [3.63, 3.8) is 0 Å². The Kier molecular flexibility index (Phi) is 3.66. The molecule has 1 aliphatic heterocycles. The van der Waals surface area contributed by atoms with Gasteiger partial charge in [-0.15, -0.1) is 0 Å². The van der Waals surface area contributed by atoms with Gasteiger partial charge in [0.25, 0.3) is 0 Å². The Morgan fingerprint density at radius 3 is 2.80 bits per heavy atom. The molecule has 3 aromatic heterocycles. The minimum absolute atomic E-state index is 0.0838. The molecule has 25 heavy (non-hydrogen) atoms. The highest BCUT2D eigenvalue weighted by molar-refractivity contribution is 5.69. The van der Waals surface area contributed by atoms with Crippen molar-refractivity contribution >= 4 is 22.9 Å². The first-order chi connectivity index (χ1) is 12.0. The molecule has 10 heteroatoms. The van der Waals surface area contributed by atoms with Gasteiger partial charge < -0.3 is 15.2 Å². The van der Waals surface area contributed by atoms with Crippen LogP contribution >= 0.6 is 0 Å². The second kappa shape index (κ2) is 5.87. The van der Waals surface area contributed by atoms with Gasteiger partial charge in [0.15, 0.2) is 5.65 Å². The Labute approximate surface area is 140 Å². The van der Waals surface area contributed by atoms with Crippen LogP contribution in [0, 0.1) is 0 Å². The number of anilines is 2. The van der Waals surface area contributed by atoms with E-state index in [1.807, 2.05) is 4.90 Å². The quantitative estimate of drug-likeness (QED) is 0.756. The Morgan fingerprint density at radius 2 is 2.04 bits per heavy atom. The predicted molar refractivity (Wildman–Crippen MR) is 85.2 cm³/mol. The van der Waals surface area contributed by atoms with Crippen molar-refractivity contribution in [2.75, 3.05) is 23.3 Å². The van der Waals surface area contributed by atoms with Crippen LogP contribution in [0.25, 0.3) is 11.2 Å². The van der Waals surface area contributed by atoms with Crippen molar-refractivity contribution < 1.29 is 13.2 Å². The number of hydrogen-bond acceptors (Lipinski definition) is 6. The van der Waals surface area contributed by atoms with Gasteiger partial charge in [-0.05, 0) is 18.6 Å². The molecular formula is C15H14F3N7. The van der Waals surface area contributed by atoms with E-state index in [4.69, 9.17) is 0 Å². The summed E-state index contributed by atoms with van der Waals surface area (Å²) in [6.07, 6.45) is 0.511. The molecule has 0 unspecified atom stereocenters. The fraction of sp³-hybridized carbons (Fsp3) is 0.333. The smallest absolute Gasteiger partial charge is 0.354 e. The van der Waals surface area contributed by atoms with Crippen molar-refractivity contribution in [2.45, 2.75) is 18.6 Å². The fourth-order valence-corrected chi connectivity index (χ4v) is 2.82. The normalized spacial score (nSPS) is 18.0. The number of aromatic amines is 1. The Balaban J connectivity index is 1.42. The minimum atomic E-state index is -4.37. The van der Waals surface area contributed by atoms with Crippen LogP contribution in [0.2, 0.25) is 0 Å². The molecule has 0 bridgehead atoms. The fourth-order valence-electron chi connectivity index (χ4n) is 2.82. The summed E-state index contributed by atoms with van der Waals surface area (Å²) in [5.41, 5.74) is 0.593. The van der Waals surface area contributed by atoms with Gasteiger partial charge in [0, 0.05) is 25.3 Å². The molecule has 0 radical (unpaired) electrons. The summed E-state index contributed by atoms with van der Waals surface area (Å²) in [7, 11) is 0. The zero-order valence-electron chi connectivity index (χ0n) is 13.0. The highest BCUT2D eigenvalue weighted by atomic mass is 19.4. The first-order valence-corrected chi connectivity index (χ1v) is 7.70. The zero-order valence-corrected chi connectivity index (χ0v) is 13.0. The average Bonchev–Trinajstić information content (AvgIpc) is 3.23. The van der Waals surface area contributed by atoms with Crippen molar-refractivity contribution in [1.82, 2.24) is 24.9 Å². The van der Waals surface area contributed by atoms with E-state index in [-0.39, 0.29) is 6.04 Å².